The second-order valence-electron chi connectivity index (χ2n) is 7.02. The van der Waals surface area contributed by atoms with Crippen LogP contribution >= 0.6 is 12.2 Å². The van der Waals surface area contributed by atoms with Gasteiger partial charge in [0.05, 0.1) is 6.67 Å². The highest BCUT2D eigenvalue weighted by atomic mass is 32.1. The van der Waals surface area contributed by atoms with Gasteiger partial charge >= 0.3 is 0 Å². The summed E-state index contributed by atoms with van der Waals surface area (Å²) in [6.45, 7) is 9.75. The van der Waals surface area contributed by atoms with Crippen LogP contribution in [0.25, 0.3) is 11.4 Å². The third-order valence-electron chi connectivity index (χ3n) is 4.81. The molecular formula is C18H26N4S. The molecule has 1 aliphatic carbocycles. The Morgan fingerprint density at radius 3 is 2.48 bits per heavy atom. The lowest BCUT2D eigenvalue weighted by atomic mass is 10.1. The fraction of sp³-hybridized carbons (Fsp3) is 0.556. The van der Waals surface area contributed by atoms with Gasteiger partial charge in [-0.1, -0.05) is 43.7 Å². The number of H-pyrrole nitrogens is 1. The predicted octanol–water partition coefficient (Wildman–Crippen LogP) is 4.38. The van der Waals surface area contributed by atoms with Gasteiger partial charge in [0.2, 0.25) is 4.77 Å². The van der Waals surface area contributed by atoms with Crippen LogP contribution in [0.3, 0.4) is 0 Å². The third kappa shape index (κ3) is 3.72. The number of rotatable bonds is 6. The molecule has 23 heavy (non-hydrogen) atoms. The first kappa shape index (κ1) is 16.4. The molecule has 0 aliphatic heterocycles. The molecule has 0 saturated heterocycles. The summed E-state index contributed by atoms with van der Waals surface area (Å²) in [4.78, 5) is 7.10. The first-order valence-corrected chi connectivity index (χ1v) is 8.86. The third-order valence-corrected chi connectivity index (χ3v) is 5.12. The Hall–Kier alpha value is -1.46. The Morgan fingerprint density at radius 2 is 1.91 bits per heavy atom. The number of aryl methyl sites for hydroxylation is 1. The number of aromatic amines is 1. The monoisotopic (exact) mass is 330 g/mol. The number of nitrogens with one attached hydrogen (secondary N) is 1. The van der Waals surface area contributed by atoms with Crippen LogP contribution in [0.5, 0.6) is 0 Å². The first-order chi connectivity index (χ1) is 11.0. The summed E-state index contributed by atoms with van der Waals surface area (Å²) in [7, 11) is 0. The van der Waals surface area contributed by atoms with Crippen LogP contribution < -0.4 is 0 Å². The lowest BCUT2D eigenvalue weighted by Gasteiger charge is -2.31. The van der Waals surface area contributed by atoms with Gasteiger partial charge in [-0.2, -0.15) is 4.98 Å². The smallest absolute Gasteiger partial charge is 0.217 e. The molecule has 1 fully saturated rings. The molecule has 0 radical (unpaired) electrons. The van der Waals surface area contributed by atoms with Crippen molar-refractivity contribution >= 4 is 12.2 Å². The van der Waals surface area contributed by atoms with E-state index in [4.69, 9.17) is 12.2 Å². The van der Waals surface area contributed by atoms with Crippen LogP contribution in [-0.4, -0.2) is 31.7 Å². The molecule has 0 unspecified atom stereocenters. The highest BCUT2D eigenvalue weighted by Crippen LogP contribution is 2.31. The van der Waals surface area contributed by atoms with Gasteiger partial charge in [0, 0.05) is 17.6 Å². The summed E-state index contributed by atoms with van der Waals surface area (Å²) >= 11 is 5.47. The van der Waals surface area contributed by atoms with Gasteiger partial charge < -0.3 is 0 Å². The SMILES string of the molecule is Cc1ccc(-c2nc(=S)n(CN(C3CC3)[C@H](C)C(C)C)[nH]2)cc1. The number of benzene rings is 1. The molecule has 1 saturated carbocycles. The van der Waals surface area contributed by atoms with Gasteiger partial charge in [-0.25, -0.2) is 4.68 Å². The van der Waals surface area contributed by atoms with E-state index in [-0.39, 0.29) is 0 Å². The molecule has 1 heterocycles. The largest absolute Gasteiger partial charge is 0.278 e. The number of hydrogen-bond acceptors (Lipinski definition) is 3. The molecule has 3 rings (SSSR count). The Balaban J connectivity index is 1.83. The molecule has 1 aromatic heterocycles. The summed E-state index contributed by atoms with van der Waals surface area (Å²) in [6, 6.07) is 9.60. The van der Waals surface area contributed by atoms with Gasteiger partial charge in [0.25, 0.3) is 0 Å². The van der Waals surface area contributed by atoms with E-state index in [0.29, 0.717) is 22.8 Å². The van der Waals surface area contributed by atoms with Gasteiger partial charge in [0.15, 0.2) is 5.82 Å². The molecule has 4 nitrogen and oxygen atoms in total. The van der Waals surface area contributed by atoms with E-state index in [1.165, 1.54) is 18.4 Å². The van der Waals surface area contributed by atoms with E-state index < -0.39 is 0 Å². The van der Waals surface area contributed by atoms with Gasteiger partial charge in [-0.05, 0) is 44.8 Å². The second kappa shape index (κ2) is 6.57. The summed E-state index contributed by atoms with van der Waals surface area (Å²) in [5.41, 5.74) is 2.33. The van der Waals surface area contributed by atoms with Gasteiger partial charge in [-0.15, -0.1) is 0 Å². The minimum absolute atomic E-state index is 0.538. The van der Waals surface area contributed by atoms with Crippen LogP contribution in [0.1, 0.15) is 39.2 Å². The van der Waals surface area contributed by atoms with Crippen molar-refractivity contribution in [1.29, 1.82) is 0 Å². The molecule has 124 valence electrons. The van der Waals surface area contributed by atoms with Crippen molar-refractivity contribution in [2.45, 2.75) is 59.3 Å². The van der Waals surface area contributed by atoms with E-state index >= 15 is 0 Å². The molecule has 1 N–H and O–H groups in total. The van der Waals surface area contributed by atoms with E-state index in [1.807, 2.05) is 4.68 Å². The molecule has 2 aromatic rings. The number of hydrogen-bond donors (Lipinski definition) is 1. The lowest BCUT2D eigenvalue weighted by molar-refractivity contribution is 0.112. The van der Waals surface area contributed by atoms with Crippen molar-refractivity contribution in [3.8, 4) is 11.4 Å². The van der Waals surface area contributed by atoms with Crippen molar-refractivity contribution in [1.82, 2.24) is 19.7 Å². The molecule has 1 aliphatic rings. The molecule has 1 atom stereocenters. The summed E-state index contributed by atoms with van der Waals surface area (Å²) in [5.74, 6) is 1.48. The Labute approximate surface area is 143 Å². The number of nitrogens with zero attached hydrogens (tertiary/aromatic N) is 3. The van der Waals surface area contributed by atoms with Crippen molar-refractivity contribution in [2.75, 3.05) is 0 Å². The fourth-order valence-corrected chi connectivity index (χ4v) is 3.02. The molecular weight excluding hydrogens is 304 g/mol. The zero-order valence-corrected chi connectivity index (χ0v) is 15.2. The highest BCUT2D eigenvalue weighted by molar-refractivity contribution is 7.71. The van der Waals surface area contributed by atoms with Crippen LogP contribution in [0.2, 0.25) is 0 Å². The Kier molecular flexibility index (Phi) is 4.69. The molecule has 1 aromatic carbocycles. The Morgan fingerprint density at radius 1 is 1.26 bits per heavy atom. The van der Waals surface area contributed by atoms with Crippen molar-refractivity contribution in [2.24, 2.45) is 5.92 Å². The van der Waals surface area contributed by atoms with E-state index in [1.54, 1.807) is 0 Å². The van der Waals surface area contributed by atoms with Crippen LogP contribution in [0.15, 0.2) is 24.3 Å². The first-order valence-electron chi connectivity index (χ1n) is 8.45. The second-order valence-corrected chi connectivity index (χ2v) is 7.39. The zero-order valence-electron chi connectivity index (χ0n) is 14.4. The van der Waals surface area contributed by atoms with Gasteiger partial charge in [-0.3, -0.25) is 10.00 Å². The Bertz CT molecular complexity index is 709. The molecule has 5 heteroatoms. The average Bonchev–Trinajstić information content (AvgIpc) is 3.29. The molecule has 0 spiro atoms. The van der Waals surface area contributed by atoms with Crippen molar-refractivity contribution < 1.29 is 0 Å². The molecule has 0 amide bonds. The quantitative estimate of drug-likeness (QED) is 0.799. The number of aromatic nitrogens is 3. The van der Waals surface area contributed by atoms with E-state index in [2.05, 4.69) is 66.9 Å². The van der Waals surface area contributed by atoms with Crippen molar-refractivity contribution in [3.05, 3.63) is 34.6 Å². The van der Waals surface area contributed by atoms with E-state index in [0.717, 1.165) is 18.1 Å². The maximum absolute atomic E-state index is 5.47. The highest BCUT2D eigenvalue weighted by Gasteiger charge is 2.33. The maximum Gasteiger partial charge on any atom is 0.217 e. The van der Waals surface area contributed by atoms with Crippen LogP contribution in [0, 0.1) is 17.6 Å². The maximum atomic E-state index is 5.47. The minimum atomic E-state index is 0.538. The average molecular weight is 331 g/mol. The summed E-state index contributed by atoms with van der Waals surface area (Å²) in [6.07, 6.45) is 2.59. The summed E-state index contributed by atoms with van der Waals surface area (Å²) < 4.78 is 2.63. The van der Waals surface area contributed by atoms with Gasteiger partial charge in [0.1, 0.15) is 0 Å². The topological polar surface area (TPSA) is 36.9 Å². The van der Waals surface area contributed by atoms with Crippen LogP contribution in [-0.2, 0) is 6.67 Å². The standard InChI is InChI=1S/C18H26N4S/c1-12(2)14(4)21(16-9-10-16)11-22-18(23)19-17(20-22)15-7-5-13(3)6-8-15/h5-8,12,14,16H,9-11H2,1-4H3,(H,19,20,23)/t14-/m1/s1. The van der Waals surface area contributed by atoms with Crippen molar-refractivity contribution in [3.63, 3.8) is 0 Å². The fourth-order valence-electron chi connectivity index (χ4n) is 2.82. The van der Waals surface area contributed by atoms with E-state index in [9.17, 15) is 0 Å². The zero-order chi connectivity index (χ0) is 16.6. The summed E-state index contributed by atoms with van der Waals surface area (Å²) in [5, 5.41) is 3.38. The van der Waals surface area contributed by atoms with Crippen LogP contribution in [0.4, 0.5) is 0 Å². The molecule has 0 bridgehead atoms. The minimum Gasteiger partial charge on any atom is -0.278 e. The predicted molar refractivity (Wildman–Crippen MR) is 96.7 cm³/mol. The lowest BCUT2D eigenvalue weighted by Crippen LogP contribution is -2.40. The normalized spacial score (nSPS) is 16.3.